The zero-order chi connectivity index (χ0) is 28.3. The Hall–Kier alpha value is -0.651. The van der Waals surface area contributed by atoms with E-state index in [1.165, 1.54) is 9.79 Å². The van der Waals surface area contributed by atoms with E-state index in [0.717, 1.165) is 34.8 Å². The third kappa shape index (κ3) is 13.2. The van der Waals surface area contributed by atoms with E-state index in [1.807, 2.05) is 80.6 Å². The molecule has 197 valence electrons. The Balaban J connectivity index is 0.000000590. The quantitative estimate of drug-likeness (QED) is 0.0805. The topological polar surface area (TPSA) is 99.6 Å². The van der Waals surface area contributed by atoms with Gasteiger partial charge in [-0.3, -0.25) is 0 Å². The number of hydrogen-bond donors (Lipinski definition) is 2. The fourth-order valence-corrected chi connectivity index (χ4v) is 10.4. The van der Waals surface area contributed by atoms with E-state index in [2.05, 4.69) is 69.6 Å². The van der Waals surface area contributed by atoms with Crippen molar-refractivity contribution < 1.29 is 0 Å². The molecule has 0 spiro atoms. The maximum absolute atomic E-state index is 8.92. The van der Waals surface area contributed by atoms with Crippen molar-refractivity contribution >= 4 is 86.5 Å². The van der Waals surface area contributed by atoms with Gasteiger partial charge in [0.05, 0.1) is 23.3 Å². The van der Waals surface area contributed by atoms with Gasteiger partial charge in [0.15, 0.2) is 0 Å². The Kier molecular flexibility index (Phi) is 18.7. The molecule has 0 aliphatic carbocycles. The number of rotatable bonds is 8. The van der Waals surface area contributed by atoms with E-state index >= 15 is 0 Å². The van der Waals surface area contributed by atoms with Crippen molar-refractivity contribution in [1.82, 2.24) is 0 Å². The van der Waals surface area contributed by atoms with Gasteiger partial charge >= 0.3 is 51.1 Å². The number of hydrogen-bond acceptors (Lipinski definition) is 7. The first-order valence-electron chi connectivity index (χ1n) is 11.2. The van der Waals surface area contributed by atoms with Crippen LogP contribution in [0, 0.1) is 22.7 Å². The number of nitrogens with two attached hydrogens (primary N) is 2. The van der Waals surface area contributed by atoms with Crippen LogP contribution in [0.4, 0.5) is 0 Å². The van der Waals surface area contributed by atoms with Crippen LogP contribution in [0.3, 0.4) is 0 Å². The van der Waals surface area contributed by atoms with E-state index in [9.17, 15) is 0 Å². The summed E-state index contributed by atoms with van der Waals surface area (Å²) in [6.45, 7) is 0. The van der Waals surface area contributed by atoms with Crippen molar-refractivity contribution in [2.24, 2.45) is 11.0 Å². The van der Waals surface area contributed by atoms with Crippen LogP contribution in [0.25, 0.3) is 22.3 Å². The van der Waals surface area contributed by atoms with E-state index in [0.29, 0.717) is 28.0 Å². The minimum absolute atomic E-state index is 0.500. The van der Waals surface area contributed by atoms with Gasteiger partial charge < -0.3 is 5.50 Å². The van der Waals surface area contributed by atoms with Gasteiger partial charge in [0.25, 0.3) is 0 Å². The summed E-state index contributed by atoms with van der Waals surface area (Å²) < 4.78 is 0. The maximum atomic E-state index is 8.92. The molecular formula is C27H27N4P4S3Sn. The molecule has 0 saturated heterocycles. The van der Waals surface area contributed by atoms with Crippen molar-refractivity contribution in [3.8, 4) is 34.4 Å². The summed E-state index contributed by atoms with van der Waals surface area (Å²) in [6, 6.07) is 36.7. The molecule has 4 aromatic carbocycles. The zero-order valence-corrected chi connectivity index (χ0v) is 30.3. The molecule has 4 atom stereocenters. The second-order valence-corrected chi connectivity index (χ2v) is 21.0. The van der Waals surface area contributed by atoms with Crippen LogP contribution in [0.1, 0.15) is 11.1 Å². The molecule has 39 heavy (non-hydrogen) atoms. The summed E-state index contributed by atoms with van der Waals surface area (Å²) in [5, 5.41) is 18.8. The molecule has 0 amide bonds. The number of nitriles is 2. The van der Waals surface area contributed by atoms with Crippen LogP contribution in [0.15, 0.2) is 107 Å². The molecule has 4 aromatic rings. The fourth-order valence-electron chi connectivity index (χ4n) is 3.16. The summed E-state index contributed by atoms with van der Waals surface area (Å²) in [6.07, 6.45) is 0. The van der Waals surface area contributed by atoms with Crippen molar-refractivity contribution in [3.05, 3.63) is 108 Å². The van der Waals surface area contributed by atoms with Crippen LogP contribution in [0.5, 0.6) is 0 Å². The van der Waals surface area contributed by atoms with Crippen LogP contribution < -0.4 is 11.0 Å². The van der Waals surface area contributed by atoms with Crippen molar-refractivity contribution in [3.63, 3.8) is 0 Å². The van der Waals surface area contributed by atoms with E-state index in [1.54, 1.807) is 21.1 Å². The second-order valence-electron chi connectivity index (χ2n) is 7.35. The Labute approximate surface area is 263 Å². The van der Waals surface area contributed by atoms with Gasteiger partial charge in [-0.2, -0.15) is 10.5 Å². The standard InChI is InChI=1S/C27H18N2S2.H4NP2S.H5NP2.Sn/c28-17-20-1-5-22(6-2-20)24-9-13-26(14-10-24)30-19-31-27-15-11-25(12-16-27)23-7-3-21(18-29)4-8-23;1-2-3-4;1-3-2;/h1-16H,19H2;2-3H,1H2;3H,1-2H2;/q;-1;;+1. The molecule has 0 aromatic heterocycles. The monoisotopic (exact) mass is 747 g/mol. The molecular weight excluding hydrogens is 719 g/mol. The molecule has 0 saturated carbocycles. The number of nitrogens with zero attached hydrogens (tertiary/aromatic N) is 2. The molecule has 3 radical (unpaired) electrons. The van der Waals surface area contributed by atoms with Gasteiger partial charge in [0.2, 0.25) is 0 Å². The van der Waals surface area contributed by atoms with Crippen LogP contribution >= 0.6 is 65.3 Å². The second kappa shape index (κ2) is 21.1. The first kappa shape index (κ1) is 34.5. The first-order valence-corrected chi connectivity index (χ1v) is 24.2. The van der Waals surface area contributed by atoms with Gasteiger partial charge in [-0.1, -0.05) is 57.5 Å². The molecule has 0 aliphatic rings. The molecule has 4 unspecified atom stereocenters. The average molecular weight is 746 g/mol. The van der Waals surface area contributed by atoms with E-state index in [4.69, 9.17) is 21.5 Å². The number of benzene rings is 4. The van der Waals surface area contributed by atoms with Crippen LogP contribution in [-0.2, 0) is 0 Å². The first-order chi connectivity index (χ1) is 19.1. The van der Waals surface area contributed by atoms with Gasteiger partial charge in [0.1, 0.15) is 0 Å². The van der Waals surface area contributed by atoms with Gasteiger partial charge in [-0.25, -0.2) is 0 Å². The summed E-state index contributed by atoms with van der Waals surface area (Å²) in [7, 11) is 6.42. The summed E-state index contributed by atoms with van der Waals surface area (Å²) in [5.74, 6) is 0. The molecule has 4 N–H and O–H groups in total. The Morgan fingerprint density at radius 2 is 0.949 bits per heavy atom. The van der Waals surface area contributed by atoms with Crippen molar-refractivity contribution in [1.29, 1.82) is 10.5 Å². The molecule has 12 heteroatoms. The van der Waals surface area contributed by atoms with Gasteiger partial charge in [-0.15, -0.1) is 23.5 Å². The molecule has 0 fully saturated rings. The SMILES string of the molecule is N#Cc1ccc(-c2ccc(SCSc3ccc(-c4ccc(C#N)cc4)cc3)cc2)cc1.NPP.NPP[S][Sn]. The van der Waals surface area contributed by atoms with Gasteiger partial charge in [0, 0.05) is 14.9 Å². The summed E-state index contributed by atoms with van der Waals surface area (Å²) in [5.41, 5.74) is 15.9. The molecule has 4 nitrogen and oxygen atoms in total. The Morgan fingerprint density at radius 3 is 1.18 bits per heavy atom. The number of thioether (sulfide) groups is 2. The van der Waals surface area contributed by atoms with E-state index < -0.39 is 0 Å². The Bertz CT molecular complexity index is 1230. The predicted octanol–water partition coefficient (Wildman–Crippen LogP) is 8.80. The zero-order valence-electron chi connectivity index (χ0n) is 20.8. The molecule has 0 heterocycles. The summed E-state index contributed by atoms with van der Waals surface area (Å²) in [4.78, 5) is 2.47. The Morgan fingerprint density at radius 1 is 0.641 bits per heavy atom. The third-order valence-electron chi connectivity index (χ3n) is 4.96. The average Bonchev–Trinajstić information content (AvgIpc) is 2.99. The fraction of sp³-hybridized carbons (Fsp3) is 0.0370. The van der Waals surface area contributed by atoms with Crippen molar-refractivity contribution in [2.75, 3.05) is 5.08 Å². The van der Waals surface area contributed by atoms with Crippen molar-refractivity contribution in [2.45, 2.75) is 9.79 Å². The van der Waals surface area contributed by atoms with E-state index in [-0.39, 0.29) is 0 Å². The predicted molar refractivity (Wildman–Crippen MR) is 186 cm³/mol. The normalized spacial score (nSPS) is 10.6. The van der Waals surface area contributed by atoms with Crippen LogP contribution in [-0.4, -0.2) is 26.2 Å². The molecule has 4 rings (SSSR count). The third-order valence-corrected chi connectivity index (χ3v) is 17.8. The minimum atomic E-state index is 0.500. The molecule has 0 bridgehead atoms. The van der Waals surface area contributed by atoms with Gasteiger partial charge in [-0.05, 0) is 79.2 Å². The molecule has 0 aliphatic heterocycles. The van der Waals surface area contributed by atoms with Crippen LogP contribution in [0.2, 0.25) is 0 Å². The summed E-state index contributed by atoms with van der Waals surface area (Å²) >= 11 is 5.18.